The molecule has 1 aliphatic rings. The van der Waals surface area contributed by atoms with E-state index in [2.05, 4.69) is 45.7 Å². The molecule has 1 unspecified atom stereocenters. The van der Waals surface area contributed by atoms with Crippen LogP contribution in [0, 0.1) is 6.92 Å². The Balaban J connectivity index is 1.85. The lowest BCUT2D eigenvalue weighted by Crippen LogP contribution is -2.45. The first-order chi connectivity index (χ1) is 9.84. The molecule has 3 nitrogen and oxygen atoms in total. The summed E-state index contributed by atoms with van der Waals surface area (Å²) in [5.74, 6) is 0. The van der Waals surface area contributed by atoms with Gasteiger partial charge in [0.15, 0.2) is 0 Å². The third kappa shape index (κ3) is 3.08. The van der Waals surface area contributed by atoms with Crippen LogP contribution in [0.3, 0.4) is 0 Å². The molecule has 20 heavy (non-hydrogen) atoms. The highest BCUT2D eigenvalue weighted by molar-refractivity contribution is 7.10. The van der Waals surface area contributed by atoms with Gasteiger partial charge in [-0.1, -0.05) is 6.07 Å². The van der Waals surface area contributed by atoms with Crippen molar-refractivity contribution in [1.82, 2.24) is 15.2 Å². The second kappa shape index (κ2) is 6.48. The number of aryl methyl sites for hydroxylation is 1. The molecule has 1 atom stereocenters. The smallest absolute Gasteiger partial charge is 0.0500 e. The van der Waals surface area contributed by atoms with Crippen LogP contribution in [-0.4, -0.2) is 36.1 Å². The number of piperazine rings is 1. The summed E-state index contributed by atoms with van der Waals surface area (Å²) in [6, 6.07) is 8.90. The lowest BCUT2D eigenvalue weighted by molar-refractivity contribution is 0.173. The number of pyridine rings is 1. The van der Waals surface area contributed by atoms with Crippen LogP contribution in [0.2, 0.25) is 0 Å². The van der Waals surface area contributed by atoms with E-state index in [1.165, 1.54) is 16.1 Å². The van der Waals surface area contributed by atoms with Gasteiger partial charge < -0.3 is 5.32 Å². The molecule has 3 heterocycles. The normalized spacial score (nSPS) is 18.1. The van der Waals surface area contributed by atoms with Crippen LogP contribution < -0.4 is 5.32 Å². The quantitative estimate of drug-likeness (QED) is 0.937. The van der Waals surface area contributed by atoms with E-state index in [1.807, 2.05) is 23.6 Å². The van der Waals surface area contributed by atoms with Gasteiger partial charge in [-0.3, -0.25) is 9.88 Å². The zero-order valence-corrected chi connectivity index (χ0v) is 12.7. The first-order valence-corrected chi connectivity index (χ1v) is 8.11. The lowest BCUT2D eigenvalue weighted by Gasteiger charge is -2.34. The molecule has 106 valence electrons. The Morgan fingerprint density at radius 3 is 2.80 bits per heavy atom. The van der Waals surface area contributed by atoms with Crippen LogP contribution in [0.5, 0.6) is 0 Å². The first kappa shape index (κ1) is 13.7. The van der Waals surface area contributed by atoms with Crippen molar-refractivity contribution in [3.63, 3.8) is 0 Å². The third-order valence-electron chi connectivity index (χ3n) is 3.93. The number of nitrogens with zero attached hydrogens (tertiary/aromatic N) is 2. The molecule has 1 N–H and O–H groups in total. The molecule has 1 aliphatic heterocycles. The summed E-state index contributed by atoms with van der Waals surface area (Å²) in [4.78, 5) is 8.61. The highest BCUT2D eigenvalue weighted by Gasteiger charge is 2.24. The predicted molar refractivity (Wildman–Crippen MR) is 84.2 cm³/mol. The van der Waals surface area contributed by atoms with Crippen LogP contribution in [0.4, 0.5) is 0 Å². The lowest BCUT2D eigenvalue weighted by atomic mass is 10.0. The van der Waals surface area contributed by atoms with Crippen molar-refractivity contribution in [3.8, 4) is 0 Å². The van der Waals surface area contributed by atoms with Crippen molar-refractivity contribution >= 4 is 11.3 Å². The van der Waals surface area contributed by atoms with E-state index in [0.29, 0.717) is 6.04 Å². The van der Waals surface area contributed by atoms with E-state index >= 15 is 0 Å². The number of hydrogen-bond donors (Lipinski definition) is 1. The number of thiophene rings is 1. The van der Waals surface area contributed by atoms with Gasteiger partial charge in [0.25, 0.3) is 0 Å². The van der Waals surface area contributed by atoms with Crippen molar-refractivity contribution in [2.24, 2.45) is 0 Å². The Bertz CT molecular complexity index is 532. The number of rotatable bonds is 4. The Labute approximate surface area is 124 Å². The van der Waals surface area contributed by atoms with Crippen molar-refractivity contribution in [1.29, 1.82) is 0 Å². The van der Waals surface area contributed by atoms with E-state index < -0.39 is 0 Å². The maximum atomic E-state index is 4.52. The number of hydrogen-bond acceptors (Lipinski definition) is 4. The fourth-order valence-corrected chi connectivity index (χ4v) is 3.89. The molecule has 2 aromatic heterocycles. The molecule has 0 saturated carbocycles. The molecule has 0 radical (unpaired) electrons. The number of nitrogens with one attached hydrogen (secondary N) is 1. The molecule has 0 spiro atoms. The summed E-state index contributed by atoms with van der Waals surface area (Å²) in [5.41, 5.74) is 2.60. The monoisotopic (exact) mass is 287 g/mol. The molecule has 4 heteroatoms. The summed E-state index contributed by atoms with van der Waals surface area (Å²) >= 11 is 1.88. The molecule has 0 aromatic carbocycles. The molecule has 0 bridgehead atoms. The van der Waals surface area contributed by atoms with Gasteiger partial charge in [0, 0.05) is 49.4 Å². The zero-order chi connectivity index (χ0) is 13.8. The Hall–Kier alpha value is -1.23. The van der Waals surface area contributed by atoms with Gasteiger partial charge in [-0.2, -0.15) is 0 Å². The van der Waals surface area contributed by atoms with Gasteiger partial charge in [0.2, 0.25) is 0 Å². The largest absolute Gasteiger partial charge is 0.314 e. The van der Waals surface area contributed by atoms with Crippen molar-refractivity contribution in [2.45, 2.75) is 19.4 Å². The van der Waals surface area contributed by atoms with Crippen LogP contribution in [0.1, 0.15) is 22.2 Å². The van der Waals surface area contributed by atoms with Gasteiger partial charge in [-0.15, -0.1) is 11.3 Å². The SMILES string of the molecule is Cc1ccsc1C(Cc1ccccn1)N1CCNCC1. The topological polar surface area (TPSA) is 28.2 Å². The minimum atomic E-state index is 0.465. The average molecular weight is 287 g/mol. The van der Waals surface area contributed by atoms with Crippen LogP contribution in [-0.2, 0) is 6.42 Å². The second-order valence-electron chi connectivity index (χ2n) is 5.29. The fraction of sp³-hybridized carbons (Fsp3) is 0.438. The van der Waals surface area contributed by atoms with Crippen molar-refractivity contribution in [2.75, 3.05) is 26.2 Å². The van der Waals surface area contributed by atoms with E-state index in [1.54, 1.807) is 0 Å². The van der Waals surface area contributed by atoms with Gasteiger partial charge >= 0.3 is 0 Å². The number of aromatic nitrogens is 1. The summed E-state index contributed by atoms with van der Waals surface area (Å²) in [5, 5.41) is 5.65. The first-order valence-electron chi connectivity index (χ1n) is 7.23. The minimum Gasteiger partial charge on any atom is -0.314 e. The molecular weight excluding hydrogens is 266 g/mol. The molecule has 0 amide bonds. The summed E-state index contributed by atoms with van der Waals surface area (Å²) < 4.78 is 0. The van der Waals surface area contributed by atoms with E-state index in [0.717, 1.165) is 32.6 Å². The Morgan fingerprint density at radius 2 is 2.15 bits per heavy atom. The van der Waals surface area contributed by atoms with Gasteiger partial charge in [-0.25, -0.2) is 0 Å². The molecule has 3 rings (SSSR count). The third-order valence-corrected chi connectivity index (χ3v) is 5.05. The Kier molecular flexibility index (Phi) is 4.45. The van der Waals surface area contributed by atoms with Crippen LogP contribution >= 0.6 is 11.3 Å². The maximum Gasteiger partial charge on any atom is 0.0500 e. The molecule has 2 aromatic rings. The van der Waals surface area contributed by atoms with Gasteiger partial charge in [0.05, 0.1) is 6.04 Å². The van der Waals surface area contributed by atoms with E-state index in [-0.39, 0.29) is 0 Å². The average Bonchev–Trinajstić information content (AvgIpc) is 2.93. The van der Waals surface area contributed by atoms with Crippen LogP contribution in [0.25, 0.3) is 0 Å². The summed E-state index contributed by atoms with van der Waals surface area (Å²) in [7, 11) is 0. The van der Waals surface area contributed by atoms with Crippen molar-refractivity contribution in [3.05, 3.63) is 52.0 Å². The molecule has 1 fully saturated rings. The van der Waals surface area contributed by atoms with Gasteiger partial charge in [-0.05, 0) is 36.1 Å². The van der Waals surface area contributed by atoms with Crippen LogP contribution in [0.15, 0.2) is 35.8 Å². The second-order valence-corrected chi connectivity index (χ2v) is 6.24. The summed E-state index contributed by atoms with van der Waals surface area (Å²) in [6.45, 7) is 6.63. The highest BCUT2D eigenvalue weighted by atomic mass is 32.1. The van der Waals surface area contributed by atoms with Gasteiger partial charge in [0.1, 0.15) is 0 Å². The fourth-order valence-electron chi connectivity index (χ4n) is 2.82. The Morgan fingerprint density at radius 1 is 1.30 bits per heavy atom. The van der Waals surface area contributed by atoms with E-state index in [9.17, 15) is 0 Å². The van der Waals surface area contributed by atoms with E-state index in [4.69, 9.17) is 0 Å². The minimum absolute atomic E-state index is 0.465. The van der Waals surface area contributed by atoms with Crippen molar-refractivity contribution < 1.29 is 0 Å². The molecule has 0 aliphatic carbocycles. The summed E-state index contributed by atoms with van der Waals surface area (Å²) in [6.07, 6.45) is 2.90. The standard InChI is InChI=1S/C16H21N3S/c1-13-5-11-20-16(13)15(19-9-7-17-8-10-19)12-14-4-2-3-6-18-14/h2-6,11,15,17H,7-10,12H2,1H3. The maximum absolute atomic E-state index is 4.52. The zero-order valence-electron chi connectivity index (χ0n) is 11.9. The molecule has 1 saturated heterocycles. The highest BCUT2D eigenvalue weighted by Crippen LogP contribution is 2.31. The molecular formula is C16H21N3S. The predicted octanol–water partition coefficient (Wildman–Crippen LogP) is 2.64.